The minimum atomic E-state index is -0.541. The lowest BCUT2D eigenvalue weighted by atomic mass is 9.80. The Kier molecular flexibility index (Phi) is 3.61. The maximum atomic E-state index is 14.3. The summed E-state index contributed by atoms with van der Waals surface area (Å²) >= 11 is 0. The van der Waals surface area contributed by atoms with Gasteiger partial charge in [-0.2, -0.15) is 0 Å². The largest absolute Gasteiger partial charge is 0.490 e. The lowest BCUT2D eigenvalue weighted by Gasteiger charge is -2.29. The molecule has 2 unspecified atom stereocenters. The first-order valence-corrected chi connectivity index (χ1v) is 9.72. The second-order valence-electron chi connectivity index (χ2n) is 7.44. The molecule has 7 nitrogen and oxygen atoms in total. The molecule has 0 spiro atoms. The van der Waals surface area contributed by atoms with Crippen molar-refractivity contribution in [2.45, 2.75) is 18.3 Å². The minimum Gasteiger partial charge on any atom is -0.490 e. The summed E-state index contributed by atoms with van der Waals surface area (Å²) in [5.41, 5.74) is 3.61. The Morgan fingerprint density at radius 3 is 2.97 bits per heavy atom. The zero-order chi connectivity index (χ0) is 20.2. The first-order valence-electron chi connectivity index (χ1n) is 9.72. The van der Waals surface area contributed by atoms with Crippen molar-refractivity contribution in [2.24, 2.45) is 0 Å². The van der Waals surface area contributed by atoms with Crippen LogP contribution in [0.3, 0.4) is 0 Å². The molecule has 30 heavy (non-hydrogen) atoms. The highest BCUT2D eigenvalue weighted by atomic mass is 19.1. The highest BCUT2D eigenvalue weighted by Crippen LogP contribution is 2.47. The molecule has 2 atom stereocenters. The van der Waals surface area contributed by atoms with E-state index in [1.54, 1.807) is 23.2 Å². The topological polar surface area (TPSA) is 81.9 Å². The Morgan fingerprint density at radius 1 is 1.13 bits per heavy atom. The molecule has 0 saturated heterocycles. The summed E-state index contributed by atoms with van der Waals surface area (Å²) in [6.45, 7) is 0.349. The zero-order valence-corrected chi connectivity index (χ0v) is 15.7. The van der Waals surface area contributed by atoms with Crippen LogP contribution in [0, 0.1) is 5.82 Å². The number of nitrogens with one attached hydrogen (secondary N) is 1. The quantitative estimate of drug-likeness (QED) is 0.555. The number of hydrogen-bond donors (Lipinski definition) is 1. The molecule has 1 amide bonds. The maximum absolute atomic E-state index is 14.3. The van der Waals surface area contributed by atoms with Gasteiger partial charge in [0, 0.05) is 11.5 Å². The van der Waals surface area contributed by atoms with Crippen LogP contribution in [0.1, 0.15) is 29.5 Å². The lowest BCUT2D eigenvalue weighted by Crippen LogP contribution is -2.25. The molecule has 4 heterocycles. The fraction of sp³-hybridized carbons (Fsp3) is 0.182. The van der Waals surface area contributed by atoms with Gasteiger partial charge >= 0.3 is 0 Å². The summed E-state index contributed by atoms with van der Waals surface area (Å²) in [6, 6.07) is 12.5. The first-order chi connectivity index (χ1) is 14.7. The van der Waals surface area contributed by atoms with Crippen molar-refractivity contribution in [3.63, 3.8) is 0 Å². The molecule has 4 aromatic rings. The van der Waals surface area contributed by atoms with Crippen LogP contribution in [0.4, 0.5) is 10.1 Å². The number of anilines is 1. The summed E-state index contributed by atoms with van der Waals surface area (Å²) in [6.07, 6.45) is 3.89. The van der Waals surface area contributed by atoms with E-state index in [0.29, 0.717) is 35.9 Å². The van der Waals surface area contributed by atoms with Crippen LogP contribution in [0.15, 0.2) is 55.0 Å². The average Bonchev–Trinajstić information content (AvgIpc) is 3.33. The number of benzene rings is 2. The van der Waals surface area contributed by atoms with Crippen molar-refractivity contribution in [2.75, 3.05) is 11.9 Å². The van der Waals surface area contributed by atoms with Gasteiger partial charge in [-0.05, 0) is 24.6 Å². The standard InChI is InChI=1S/C22H16FN5O2/c23-14-5-3-4-13-12(8-9-30-20(13)14)18-19-16(26-21(18)29)10-24-22(27-19)28-11-25-15-6-1-2-7-17(15)28/h1-7,10-12,18H,8-9H2,(H,26,29). The number of fused-ring (bicyclic) bond motifs is 3. The normalized spacial score (nSPS) is 19.8. The van der Waals surface area contributed by atoms with E-state index in [4.69, 9.17) is 9.72 Å². The molecule has 0 saturated carbocycles. The molecule has 2 aliphatic heterocycles. The third-order valence-corrected chi connectivity index (χ3v) is 5.78. The number of hydrogen-bond acceptors (Lipinski definition) is 5. The molecular weight excluding hydrogens is 385 g/mol. The molecule has 0 aliphatic carbocycles. The molecule has 8 heteroatoms. The Labute approximate surface area is 170 Å². The van der Waals surface area contributed by atoms with E-state index in [1.807, 2.05) is 30.3 Å². The van der Waals surface area contributed by atoms with E-state index in [-0.39, 0.29) is 17.6 Å². The van der Waals surface area contributed by atoms with E-state index in [9.17, 15) is 9.18 Å². The number of ether oxygens (including phenoxy) is 1. The van der Waals surface area contributed by atoms with Crippen LogP contribution in [0.25, 0.3) is 17.0 Å². The molecule has 2 aliphatic rings. The molecule has 0 bridgehead atoms. The van der Waals surface area contributed by atoms with E-state index < -0.39 is 11.7 Å². The third-order valence-electron chi connectivity index (χ3n) is 5.78. The fourth-order valence-electron chi connectivity index (χ4n) is 4.42. The number of imidazole rings is 1. The van der Waals surface area contributed by atoms with Gasteiger partial charge in [0.05, 0.1) is 41.1 Å². The second kappa shape index (κ2) is 6.35. The van der Waals surface area contributed by atoms with Crippen molar-refractivity contribution >= 4 is 22.6 Å². The van der Waals surface area contributed by atoms with Crippen LogP contribution in [-0.4, -0.2) is 32.0 Å². The number of rotatable bonds is 2. The Hall–Kier alpha value is -3.81. The summed E-state index contributed by atoms with van der Waals surface area (Å²) in [4.78, 5) is 26.5. The van der Waals surface area contributed by atoms with E-state index in [0.717, 1.165) is 11.0 Å². The number of amides is 1. The predicted octanol–water partition coefficient (Wildman–Crippen LogP) is 3.56. The number of nitrogens with zero attached hydrogens (tertiary/aromatic N) is 4. The average molecular weight is 401 g/mol. The van der Waals surface area contributed by atoms with Crippen molar-refractivity contribution < 1.29 is 13.9 Å². The Bertz CT molecular complexity index is 1320. The predicted molar refractivity (Wildman–Crippen MR) is 107 cm³/mol. The number of para-hydroxylation sites is 3. The molecular formula is C22H16FN5O2. The van der Waals surface area contributed by atoms with E-state index in [2.05, 4.69) is 15.3 Å². The number of carbonyl (C=O) groups is 1. The van der Waals surface area contributed by atoms with Gasteiger partial charge in [0.1, 0.15) is 6.33 Å². The smallest absolute Gasteiger partial charge is 0.235 e. The van der Waals surface area contributed by atoms with Crippen LogP contribution in [-0.2, 0) is 4.79 Å². The van der Waals surface area contributed by atoms with Crippen molar-refractivity contribution in [3.05, 3.63) is 72.1 Å². The SMILES string of the molecule is O=C1Nc2cnc(-n3cnc4ccccc43)nc2C1C1CCOc2c(F)cccc21. The Morgan fingerprint density at radius 2 is 2.03 bits per heavy atom. The molecule has 6 rings (SSSR count). The highest BCUT2D eigenvalue weighted by molar-refractivity contribution is 6.02. The molecule has 0 fully saturated rings. The first kappa shape index (κ1) is 17.1. The Balaban J connectivity index is 1.47. The van der Waals surface area contributed by atoms with Gasteiger partial charge in [-0.1, -0.05) is 24.3 Å². The highest BCUT2D eigenvalue weighted by Gasteiger charge is 2.42. The van der Waals surface area contributed by atoms with E-state index in [1.165, 1.54) is 6.07 Å². The second-order valence-corrected chi connectivity index (χ2v) is 7.44. The summed E-state index contributed by atoms with van der Waals surface area (Å²) < 4.78 is 21.6. The third kappa shape index (κ3) is 2.43. The van der Waals surface area contributed by atoms with Gasteiger partial charge in [0.25, 0.3) is 0 Å². The molecule has 148 valence electrons. The van der Waals surface area contributed by atoms with Crippen LogP contribution in [0.2, 0.25) is 0 Å². The van der Waals surface area contributed by atoms with Crippen molar-refractivity contribution in [3.8, 4) is 11.7 Å². The summed E-state index contributed by atoms with van der Waals surface area (Å²) in [5.74, 6) is -0.674. The van der Waals surface area contributed by atoms with Gasteiger partial charge in [0.15, 0.2) is 11.6 Å². The molecule has 0 radical (unpaired) electrons. The minimum absolute atomic E-state index is 0.158. The van der Waals surface area contributed by atoms with Crippen molar-refractivity contribution in [1.29, 1.82) is 0 Å². The fourth-order valence-corrected chi connectivity index (χ4v) is 4.42. The number of aromatic nitrogens is 4. The van der Waals surface area contributed by atoms with Gasteiger partial charge in [0.2, 0.25) is 11.9 Å². The monoisotopic (exact) mass is 401 g/mol. The maximum Gasteiger partial charge on any atom is 0.235 e. The zero-order valence-electron chi connectivity index (χ0n) is 15.7. The van der Waals surface area contributed by atoms with Crippen LogP contribution in [0.5, 0.6) is 5.75 Å². The van der Waals surface area contributed by atoms with Gasteiger partial charge < -0.3 is 10.1 Å². The van der Waals surface area contributed by atoms with Crippen LogP contribution < -0.4 is 10.1 Å². The summed E-state index contributed by atoms with van der Waals surface area (Å²) in [7, 11) is 0. The van der Waals surface area contributed by atoms with Crippen LogP contribution >= 0.6 is 0 Å². The van der Waals surface area contributed by atoms with Crippen molar-refractivity contribution in [1.82, 2.24) is 19.5 Å². The lowest BCUT2D eigenvalue weighted by molar-refractivity contribution is -0.117. The number of halogens is 1. The molecule has 1 N–H and O–H groups in total. The number of carbonyl (C=O) groups excluding carboxylic acids is 1. The summed E-state index contributed by atoms with van der Waals surface area (Å²) in [5, 5.41) is 2.88. The van der Waals surface area contributed by atoms with E-state index >= 15 is 0 Å². The van der Waals surface area contributed by atoms with Gasteiger partial charge in [-0.25, -0.2) is 19.3 Å². The van der Waals surface area contributed by atoms with Gasteiger partial charge in [-0.3, -0.25) is 9.36 Å². The van der Waals surface area contributed by atoms with Gasteiger partial charge in [-0.15, -0.1) is 0 Å². The molecule has 2 aromatic carbocycles. The molecule has 2 aromatic heterocycles.